The molecule has 2 nitrogen and oxygen atoms in total. The molecule has 86 valence electrons. The van der Waals surface area contributed by atoms with E-state index in [9.17, 15) is 0 Å². The number of thiophene rings is 1. The van der Waals surface area contributed by atoms with Gasteiger partial charge in [0.2, 0.25) is 0 Å². The first kappa shape index (κ1) is 10.9. The summed E-state index contributed by atoms with van der Waals surface area (Å²) in [5.41, 5.74) is 1.15. The highest BCUT2D eigenvalue weighted by Gasteiger charge is 2.25. The van der Waals surface area contributed by atoms with Crippen LogP contribution in [0.25, 0.3) is 0 Å². The molecule has 17 heavy (non-hydrogen) atoms. The second kappa shape index (κ2) is 4.59. The van der Waals surface area contributed by atoms with Gasteiger partial charge in [-0.2, -0.15) is 10.2 Å². The molecular formula is C13H11ClN2S. The van der Waals surface area contributed by atoms with Crippen LogP contribution in [0.4, 0.5) is 0 Å². The molecule has 0 fully saturated rings. The van der Waals surface area contributed by atoms with E-state index in [0.29, 0.717) is 0 Å². The van der Waals surface area contributed by atoms with Gasteiger partial charge in [-0.25, -0.2) is 0 Å². The molecule has 1 aliphatic heterocycles. The molecule has 0 amide bonds. The van der Waals surface area contributed by atoms with Crippen molar-refractivity contribution in [3.8, 4) is 0 Å². The van der Waals surface area contributed by atoms with Crippen molar-refractivity contribution >= 4 is 22.9 Å². The normalized spacial score (nSPS) is 23.1. The lowest BCUT2D eigenvalue weighted by molar-refractivity contribution is 0.667. The van der Waals surface area contributed by atoms with Crippen molar-refractivity contribution in [2.75, 3.05) is 0 Å². The fourth-order valence-electron chi connectivity index (χ4n) is 2.04. The van der Waals surface area contributed by atoms with Crippen LogP contribution in [0, 0.1) is 0 Å². The molecule has 0 spiro atoms. The van der Waals surface area contributed by atoms with E-state index in [1.165, 1.54) is 4.88 Å². The standard InChI is InChI=1S/C13H11ClN2S/c14-10-4-1-3-9(7-10)11-8-12(16-15-11)13-5-2-6-17-13/h1-7,11-12H,8H2. The van der Waals surface area contributed by atoms with E-state index in [4.69, 9.17) is 11.6 Å². The zero-order valence-electron chi connectivity index (χ0n) is 9.08. The Bertz CT molecular complexity index is 536. The smallest absolute Gasteiger partial charge is 0.107 e. The number of halogens is 1. The van der Waals surface area contributed by atoms with Crippen molar-refractivity contribution in [3.05, 3.63) is 57.2 Å². The second-order valence-corrected chi connectivity index (χ2v) is 5.48. The van der Waals surface area contributed by atoms with E-state index < -0.39 is 0 Å². The molecule has 0 bridgehead atoms. The molecule has 1 aromatic heterocycles. The highest BCUT2D eigenvalue weighted by Crippen LogP contribution is 2.40. The number of nitrogens with zero attached hydrogens (tertiary/aromatic N) is 2. The van der Waals surface area contributed by atoms with Gasteiger partial charge in [-0.15, -0.1) is 11.3 Å². The van der Waals surface area contributed by atoms with E-state index in [1.54, 1.807) is 11.3 Å². The van der Waals surface area contributed by atoms with Crippen LogP contribution in [-0.2, 0) is 0 Å². The second-order valence-electron chi connectivity index (χ2n) is 4.07. The van der Waals surface area contributed by atoms with Gasteiger partial charge in [0.25, 0.3) is 0 Å². The Morgan fingerprint density at radius 1 is 1.12 bits per heavy atom. The monoisotopic (exact) mass is 262 g/mol. The molecule has 0 saturated heterocycles. The third kappa shape index (κ3) is 2.26. The first-order valence-electron chi connectivity index (χ1n) is 5.52. The van der Waals surface area contributed by atoms with Crippen LogP contribution in [0.3, 0.4) is 0 Å². The van der Waals surface area contributed by atoms with Gasteiger partial charge >= 0.3 is 0 Å². The van der Waals surface area contributed by atoms with Crippen molar-refractivity contribution in [3.63, 3.8) is 0 Å². The molecule has 2 atom stereocenters. The predicted molar refractivity (Wildman–Crippen MR) is 70.7 cm³/mol. The summed E-state index contributed by atoms with van der Waals surface area (Å²) in [6, 6.07) is 12.4. The first-order chi connectivity index (χ1) is 8.33. The molecule has 0 N–H and O–H groups in total. The van der Waals surface area contributed by atoms with Crippen molar-refractivity contribution in [2.45, 2.75) is 18.5 Å². The predicted octanol–water partition coefficient (Wildman–Crippen LogP) is 5.04. The molecule has 1 aliphatic rings. The summed E-state index contributed by atoms with van der Waals surface area (Å²) < 4.78 is 0. The number of benzene rings is 1. The van der Waals surface area contributed by atoms with E-state index >= 15 is 0 Å². The third-order valence-electron chi connectivity index (χ3n) is 2.90. The van der Waals surface area contributed by atoms with Gasteiger partial charge in [0.1, 0.15) is 6.04 Å². The van der Waals surface area contributed by atoms with Gasteiger partial charge in [0.15, 0.2) is 0 Å². The number of hydrogen-bond donors (Lipinski definition) is 0. The molecule has 2 unspecified atom stereocenters. The molecule has 1 aromatic carbocycles. The zero-order valence-corrected chi connectivity index (χ0v) is 10.7. The fraction of sp³-hybridized carbons (Fsp3) is 0.231. The summed E-state index contributed by atoms with van der Waals surface area (Å²) in [6.07, 6.45) is 0.945. The quantitative estimate of drug-likeness (QED) is 0.724. The van der Waals surface area contributed by atoms with Crippen molar-refractivity contribution in [1.82, 2.24) is 0 Å². The highest BCUT2D eigenvalue weighted by atomic mass is 35.5. The van der Waals surface area contributed by atoms with Crippen LogP contribution in [-0.4, -0.2) is 0 Å². The van der Waals surface area contributed by atoms with Crippen molar-refractivity contribution < 1.29 is 0 Å². The lowest BCUT2D eigenvalue weighted by atomic mass is 10.0. The topological polar surface area (TPSA) is 24.7 Å². The average Bonchev–Trinajstić information content (AvgIpc) is 3.00. The Balaban J connectivity index is 1.79. The van der Waals surface area contributed by atoms with E-state index in [0.717, 1.165) is 17.0 Å². The van der Waals surface area contributed by atoms with Crippen LogP contribution in [0.15, 0.2) is 52.0 Å². The Labute approximate surface area is 109 Å². The molecule has 3 rings (SSSR count). The highest BCUT2D eigenvalue weighted by molar-refractivity contribution is 7.10. The average molecular weight is 263 g/mol. The number of rotatable bonds is 2. The van der Waals surface area contributed by atoms with Gasteiger partial charge in [-0.3, -0.25) is 0 Å². The summed E-state index contributed by atoms with van der Waals surface area (Å²) in [4.78, 5) is 1.29. The Kier molecular flexibility index (Phi) is 2.95. The van der Waals surface area contributed by atoms with Crippen LogP contribution >= 0.6 is 22.9 Å². The van der Waals surface area contributed by atoms with Gasteiger partial charge in [-0.1, -0.05) is 29.8 Å². The van der Waals surface area contributed by atoms with E-state index in [-0.39, 0.29) is 12.1 Å². The number of hydrogen-bond acceptors (Lipinski definition) is 3. The lowest BCUT2D eigenvalue weighted by Gasteiger charge is -2.07. The van der Waals surface area contributed by atoms with Crippen molar-refractivity contribution in [2.24, 2.45) is 10.2 Å². The van der Waals surface area contributed by atoms with Gasteiger partial charge < -0.3 is 0 Å². The SMILES string of the molecule is Clc1cccc(C2CC(c3cccs3)N=N2)c1. The van der Waals surface area contributed by atoms with Crippen LogP contribution < -0.4 is 0 Å². The van der Waals surface area contributed by atoms with Gasteiger partial charge in [0.05, 0.1) is 6.04 Å². The van der Waals surface area contributed by atoms with Crippen LogP contribution in [0.1, 0.15) is 28.9 Å². The number of azo groups is 1. The van der Waals surface area contributed by atoms with Gasteiger partial charge in [0, 0.05) is 16.3 Å². The molecule has 2 aromatic rings. The molecule has 4 heteroatoms. The van der Waals surface area contributed by atoms with Crippen LogP contribution in [0.5, 0.6) is 0 Å². The minimum atomic E-state index is 0.154. The Hall–Kier alpha value is -1.19. The Morgan fingerprint density at radius 3 is 2.76 bits per heavy atom. The minimum Gasteiger partial charge on any atom is -0.185 e. The maximum absolute atomic E-state index is 5.99. The fourth-order valence-corrected chi connectivity index (χ4v) is 3.01. The van der Waals surface area contributed by atoms with E-state index in [2.05, 4.69) is 33.8 Å². The lowest BCUT2D eigenvalue weighted by Crippen LogP contribution is -1.94. The summed E-state index contributed by atoms with van der Waals surface area (Å²) in [5.74, 6) is 0. The summed E-state index contributed by atoms with van der Waals surface area (Å²) in [6.45, 7) is 0. The largest absolute Gasteiger partial charge is 0.185 e. The maximum Gasteiger partial charge on any atom is 0.107 e. The molecule has 0 radical (unpaired) electrons. The maximum atomic E-state index is 5.99. The molecule has 2 heterocycles. The summed E-state index contributed by atoms with van der Waals surface area (Å²) in [7, 11) is 0. The summed E-state index contributed by atoms with van der Waals surface area (Å²) in [5, 5.41) is 11.6. The van der Waals surface area contributed by atoms with Gasteiger partial charge in [-0.05, 0) is 29.1 Å². The third-order valence-corrected chi connectivity index (χ3v) is 4.11. The minimum absolute atomic E-state index is 0.154. The Morgan fingerprint density at radius 2 is 2.00 bits per heavy atom. The molecule has 0 aliphatic carbocycles. The van der Waals surface area contributed by atoms with Crippen LogP contribution in [0.2, 0.25) is 5.02 Å². The molecular weight excluding hydrogens is 252 g/mol. The summed E-state index contributed by atoms with van der Waals surface area (Å²) >= 11 is 7.73. The zero-order chi connectivity index (χ0) is 11.7. The first-order valence-corrected chi connectivity index (χ1v) is 6.77. The van der Waals surface area contributed by atoms with Crippen molar-refractivity contribution in [1.29, 1.82) is 0 Å². The molecule has 0 saturated carbocycles. The van der Waals surface area contributed by atoms with E-state index in [1.807, 2.05) is 18.2 Å².